The molecule has 0 radical (unpaired) electrons. The quantitative estimate of drug-likeness (QED) is 0.580. The number of likely N-dealkylation sites (tertiary alicyclic amines) is 1. The van der Waals surface area contributed by atoms with Gasteiger partial charge >= 0.3 is 12.1 Å². The fourth-order valence-electron chi connectivity index (χ4n) is 3.16. The Balaban J connectivity index is 2.46. The van der Waals surface area contributed by atoms with Crippen LogP contribution in [0.1, 0.15) is 39.2 Å². The van der Waals surface area contributed by atoms with Gasteiger partial charge in [-0.3, -0.25) is 4.90 Å². The number of nitrogens with zero attached hydrogens (tertiary/aromatic N) is 1. The van der Waals surface area contributed by atoms with Gasteiger partial charge in [0.25, 0.3) is 0 Å². The lowest BCUT2D eigenvalue weighted by atomic mass is 9.94. The van der Waals surface area contributed by atoms with E-state index in [1.54, 1.807) is 51.1 Å². The van der Waals surface area contributed by atoms with Crippen molar-refractivity contribution < 1.29 is 23.5 Å². The van der Waals surface area contributed by atoms with Crippen LogP contribution in [0.4, 0.5) is 9.18 Å². The van der Waals surface area contributed by atoms with Gasteiger partial charge in [0.2, 0.25) is 0 Å². The van der Waals surface area contributed by atoms with Crippen molar-refractivity contribution in [3.63, 3.8) is 0 Å². The molecule has 6 heteroatoms. The van der Waals surface area contributed by atoms with Crippen molar-refractivity contribution in [2.75, 3.05) is 7.11 Å². The van der Waals surface area contributed by atoms with Gasteiger partial charge in [-0.25, -0.2) is 14.0 Å². The van der Waals surface area contributed by atoms with E-state index >= 15 is 0 Å². The molecular weight excluding hydrogens is 349 g/mol. The van der Waals surface area contributed by atoms with E-state index in [0.717, 1.165) is 0 Å². The van der Waals surface area contributed by atoms with Crippen molar-refractivity contribution in [2.45, 2.75) is 50.8 Å². The Hall–Kier alpha value is -2.63. The first-order chi connectivity index (χ1) is 12.6. The Bertz CT molecular complexity index is 736. The van der Waals surface area contributed by atoms with Gasteiger partial charge < -0.3 is 9.47 Å². The SMILES string of the molecule is C=C[C@H]1CC[C@](/C=C/c2ccc(F)cc2)(C(=O)OC)N1C(=O)OC(C)(C)C. The van der Waals surface area contributed by atoms with Gasteiger partial charge in [0, 0.05) is 0 Å². The molecule has 0 N–H and O–H groups in total. The van der Waals surface area contributed by atoms with Gasteiger partial charge in [-0.2, -0.15) is 0 Å². The number of hydrogen-bond acceptors (Lipinski definition) is 4. The minimum Gasteiger partial charge on any atom is -0.467 e. The second-order valence-electron chi connectivity index (χ2n) is 7.49. The van der Waals surface area contributed by atoms with Crippen LogP contribution in [0.15, 0.2) is 43.0 Å². The van der Waals surface area contributed by atoms with Crippen LogP contribution >= 0.6 is 0 Å². The van der Waals surface area contributed by atoms with Gasteiger partial charge in [-0.15, -0.1) is 6.58 Å². The maximum Gasteiger partial charge on any atom is 0.412 e. The van der Waals surface area contributed by atoms with Crippen molar-refractivity contribution in [1.82, 2.24) is 4.90 Å². The average Bonchev–Trinajstić information content (AvgIpc) is 2.99. The second-order valence-corrected chi connectivity index (χ2v) is 7.49. The van der Waals surface area contributed by atoms with Gasteiger partial charge in [0.05, 0.1) is 13.2 Å². The Labute approximate surface area is 159 Å². The Morgan fingerprint density at radius 1 is 1.30 bits per heavy atom. The summed E-state index contributed by atoms with van der Waals surface area (Å²) in [7, 11) is 1.28. The molecule has 27 heavy (non-hydrogen) atoms. The van der Waals surface area contributed by atoms with Crippen LogP contribution in [0, 0.1) is 5.82 Å². The van der Waals surface area contributed by atoms with Crippen molar-refractivity contribution >= 4 is 18.1 Å². The van der Waals surface area contributed by atoms with E-state index in [-0.39, 0.29) is 11.9 Å². The van der Waals surface area contributed by atoms with Crippen LogP contribution in [0.3, 0.4) is 0 Å². The molecule has 1 heterocycles. The number of carbonyl (C=O) groups excluding carboxylic acids is 2. The number of carbonyl (C=O) groups is 2. The van der Waals surface area contributed by atoms with E-state index in [4.69, 9.17) is 9.47 Å². The molecule has 146 valence electrons. The summed E-state index contributed by atoms with van der Waals surface area (Å²) in [5.41, 5.74) is -1.33. The highest BCUT2D eigenvalue weighted by Crippen LogP contribution is 2.38. The molecule has 1 saturated heterocycles. The lowest BCUT2D eigenvalue weighted by Gasteiger charge is -2.37. The smallest absolute Gasteiger partial charge is 0.412 e. The van der Waals surface area contributed by atoms with Crippen molar-refractivity contribution in [3.05, 3.63) is 54.4 Å². The fourth-order valence-corrected chi connectivity index (χ4v) is 3.16. The highest BCUT2D eigenvalue weighted by molar-refractivity contribution is 5.90. The number of halogens is 1. The second kappa shape index (κ2) is 7.94. The molecular formula is C21H26FNO4. The fraction of sp³-hybridized carbons (Fsp3) is 0.429. The summed E-state index contributed by atoms with van der Waals surface area (Å²) in [6.45, 7) is 9.07. The number of methoxy groups -OCH3 is 1. The van der Waals surface area contributed by atoms with E-state index in [2.05, 4.69) is 6.58 Å². The Kier molecular flexibility index (Phi) is 6.08. The largest absolute Gasteiger partial charge is 0.467 e. The molecule has 1 aromatic carbocycles. The number of benzene rings is 1. The first kappa shape index (κ1) is 20.7. The van der Waals surface area contributed by atoms with Crippen LogP contribution < -0.4 is 0 Å². The molecule has 1 aromatic rings. The predicted molar refractivity (Wildman–Crippen MR) is 101 cm³/mol. The summed E-state index contributed by atoms with van der Waals surface area (Å²) in [5, 5.41) is 0. The third-order valence-electron chi connectivity index (χ3n) is 4.41. The van der Waals surface area contributed by atoms with Crippen molar-refractivity contribution in [1.29, 1.82) is 0 Å². The first-order valence-corrected chi connectivity index (χ1v) is 8.81. The highest BCUT2D eigenvalue weighted by Gasteiger charge is 2.53. The number of rotatable bonds is 4. The lowest BCUT2D eigenvalue weighted by molar-refractivity contribution is -0.150. The lowest BCUT2D eigenvalue weighted by Crippen LogP contribution is -2.55. The standard InChI is InChI=1S/C21H26FNO4/c1-6-17-12-14-21(18(24)26-5,23(17)19(25)27-20(2,3)4)13-11-15-7-9-16(22)10-8-15/h6-11,13,17H,1,12,14H2,2-5H3/b13-11+/t17-,21+/m0/s1. The van der Waals surface area contributed by atoms with Crippen molar-refractivity contribution in [2.24, 2.45) is 0 Å². The highest BCUT2D eigenvalue weighted by atomic mass is 19.1. The average molecular weight is 375 g/mol. The van der Waals surface area contributed by atoms with Gasteiger partial charge in [-0.1, -0.05) is 24.3 Å². The summed E-state index contributed by atoms with van der Waals surface area (Å²) in [4.78, 5) is 27.0. The van der Waals surface area contributed by atoms with Gasteiger partial charge in [0.1, 0.15) is 11.4 Å². The molecule has 1 amide bonds. The first-order valence-electron chi connectivity index (χ1n) is 8.81. The summed E-state index contributed by atoms with van der Waals surface area (Å²) in [6, 6.07) is 5.48. The summed E-state index contributed by atoms with van der Waals surface area (Å²) in [5.74, 6) is -0.908. The number of ether oxygens (including phenoxy) is 2. The molecule has 5 nitrogen and oxygen atoms in total. The number of hydrogen-bond donors (Lipinski definition) is 0. The normalized spacial score (nSPS) is 22.7. The van der Waals surface area contributed by atoms with Gasteiger partial charge in [-0.05, 0) is 57.4 Å². The van der Waals surface area contributed by atoms with E-state index in [9.17, 15) is 14.0 Å². The number of esters is 1. The zero-order chi connectivity index (χ0) is 20.2. The van der Waals surface area contributed by atoms with E-state index in [0.29, 0.717) is 18.4 Å². The van der Waals surface area contributed by atoms with Gasteiger partial charge in [0.15, 0.2) is 5.54 Å². The Morgan fingerprint density at radius 3 is 2.44 bits per heavy atom. The molecule has 1 aliphatic rings. The van der Waals surface area contributed by atoms with Crippen LogP contribution in [0.25, 0.3) is 6.08 Å². The summed E-state index contributed by atoms with van der Waals surface area (Å²) < 4.78 is 23.7. The van der Waals surface area contributed by atoms with Crippen LogP contribution in [0.2, 0.25) is 0 Å². The molecule has 0 bridgehead atoms. The minimum absolute atomic E-state index is 0.349. The third-order valence-corrected chi connectivity index (χ3v) is 4.41. The minimum atomic E-state index is -1.32. The molecule has 2 atom stereocenters. The molecule has 0 aromatic heterocycles. The van der Waals surface area contributed by atoms with E-state index in [1.165, 1.54) is 24.1 Å². The van der Waals surface area contributed by atoms with E-state index in [1.807, 2.05) is 0 Å². The molecule has 1 fully saturated rings. The molecule has 0 aliphatic carbocycles. The molecule has 1 aliphatic heterocycles. The summed E-state index contributed by atoms with van der Waals surface area (Å²) in [6.07, 6.45) is 5.23. The zero-order valence-electron chi connectivity index (χ0n) is 16.2. The number of amides is 1. The van der Waals surface area contributed by atoms with E-state index < -0.39 is 23.2 Å². The van der Waals surface area contributed by atoms with Crippen LogP contribution in [-0.4, -0.2) is 41.3 Å². The topological polar surface area (TPSA) is 55.8 Å². The predicted octanol–water partition coefficient (Wildman–Crippen LogP) is 4.34. The van der Waals surface area contributed by atoms with Crippen LogP contribution in [-0.2, 0) is 14.3 Å². The molecule has 2 rings (SSSR count). The molecule has 0 unspecified atom stereocenters. The third kappa shape index (κ3) is 4.56. The van der Waals surface area contributed by atoms with Crippen LogP contribution in [0.5, 0.6) is 0 Å². The maximum atomic E-state index is 13.1. The van der Waals surface area contributed by atoms with Crippen molar-refractivity contribution in [3.8, 4) is 0 Å². The molecule has 0 saturated carbocycles. The Morgan fingerprint density at radius 2 is 1.93 bits per heavy atom. The maximum absolute atomic E-state index is 13.1. The zero-order valence-corrected chi connectivity index (χ0v) is 16.2. The monoisotopic (exact) mass is 375 g/mol. The summed E-state index contributed by atoms with van der Waals surface area (Å²) >= 11 is 0. The molecule has 0 spiro atoms.